The summed E-state index contributed by atoms with van der Waals surface area (Å²) in [4.78, 5) is 2.46. The molecule has 1 rings (SSSR count). The first-order valence-electron chi connectivity index (χ1n) is 5.01. The molecule has 0 unspecified atom stereocenters. The van der Waals surface area contributed by atoms with Crippen molar-refractivity contribution < 1.29 is 0 Å². The van der Waals surface area contributed by atoms with Crippen LogP contribution in [0.2, 0.25) is 0 Å². The molecule has 1 aliphatic heterocycles. The van der Waals surface area contributed by atoms with Gasteiger partial charge < -0.3 is 0 Å². The summed E-state index contributed by atoms with van der Waals surface area (Å²) in [6.45, 7) is 7.93. The maximum absolute atomic E-state index is 3.20. The van der Waals surface area contributed by atoms with Gasteiger partial charge in [-0.1, -0.05) is 19.8 Å². The second-order valence-corrected chi connectivity index (χ2v) is 3.67. The quantitative estimate of drug-likeness (QED) is 0.538. The van der Waals surface area contributed by atoms with Crippen molar-refractivity contribution in [2.24, 2.45) is 5.92 Å². The van der Waals surface area contributed by atoms with Crippen molar-refractivity contribution in [1.29, 1.82) is 0 Å². The minimum atomic E-state index is 0.931. The predicted octanol–water partition coefficient (Wildman–Crippen LogP) is 2.13. The Kier molecular flexibility index (Phi) is 4.18. The Hall–Kier alpha value is -0.480. The zero-order valence-electron chi connectivity index (χ0n) is 8.27. The van der Waals surface area contributed by atoms with Gasteiger partial charge in [0.2, 0.25) is 0 Å². The zero-order chi connectivity index (χ0) is 8.81. The van der Waals surface area contributed by atoms with E-state index in [1.807, 2.05) is 0 Å². The van der Waals surface area contributed by atoms with Gasteiger partial charge in [0.05, 0.1) is 6.54 Å². The van der Waals surface area contributed by atoms with Gasteiger partial charge in [0, 0.05) is 6.42 Å². The molecule has 1 heterocycles. The topological polar surface area (TPSA) is 3.24 Å². The molecule has 0 aromatic rings. The molecular weight excluding hydrogens is 146 g/mol. The van der Waals surface area contributed by atoms with E-state index in [2.05, 4.69) is 30.6 Å². The Bertz CT molecular complexity index is 167. The van der Waals surface area contributed by atoms with E-state index in [-0.39, 0.29) is 0 Å². The first-order valence-corrected chi connectivity index (χ1v) is 5.01. The van der Waals surface area contributed by atoms with Crippen LogP contribution in [0, 0.1) is 17.8 Å². The fourth-order valence-corrected chi connectivity index (χ4v) is 1.51. The van der Waals surface area contributed by atoms with Gasteiger partial charge in [0.1, 0.15) is 0 Å². The third-order valence-corrected chi connectivity index (χ3v) is 2.48. The van der Waals surface area contributed by atoms with Gasteiger partial charge in [0.25, 0.3) is 0 Å². The van der Waals surface area contributed by atoms with E-state index in [0.717, 1.165) is 18.9 Å². The van der Waals surface area contributed by atoms with Crippen LogP contribution < -0.4 is 0 Å². The van der Waals surface area contributed by atoms with Crippen LogP contribution in [0.4, 0.5) is 0 Å². The lowest BCUT2D eigenvalue weighted by Gasteiger charge is -2.28. The number of hydrogen-bond donors (Lipinski definition) is 0. The van der Waals surface area contributed by atoms with Crippen molar-refractivity contribution in [3.63, 3.8) is 0 Å². The third-order valence-electron chi connectivity index (χ3n) is 2.48. The lowest BCUT2D eigenvalue weighted by molar-refractivity contribution is 0.213. The Balaban J connectivity index is 2.17. The molecule has 1 saturated heterocycles. The summed E-state index contributed by atoms with van der Waals surface area (Å²) in [5, 5.41) is 0. The maximum Gasteiger partial charge on any atom is 0.0601 e. The molecule has 0 N–H and O–H groups in total. The molecule has 0 radical (unpaired) electrons. The standard InChI is InChI=1S/C11H19N/c1-3-4-5-8-12-9-6-11(2)7-10-12/h11H,3,6-10H2,1-2H3. The van der Waals surface area contributed by atoms with Crippen LogP contribution in [0.15, 0.2) is 0 Å². The minimum absolute atomic E-state index is 0.931. The van der Waals surface area contributed by atoms with Gasteiger partial charge >= 0.3 is 0 Å². The van der Waals surface area contributed by atoms with Crippen LogP contribution in [-0.4, -0.2) is 24.5 Å². The van der Waals surface area contributed by atoms with E-state index in [4.69, 9.17) is 0 Å². The van der Waals surface area contributed by atoms with Gasteiger partial charge in [-0.05, 0) is 31.8 Å². The number of rotatable bonds is 1. The van der Waals surface area contributed by atoms with Gasteiger partial charge in [-0.2, -0.15) is 0 Å². The monoisotopic (exact) mass is 165 g/mol. The lowest BCUT2D eigenvalue weighted by Crippen LogP contribution is -2.33. The Labute approximate surface area is 76.1 Å². The fraction of sp³-hybridized carbons (Fsp3) is 0.818. The van der Waals surface area contributed by atoms with Crippen molar-refractivity contribution in [1.82, 2.24) is 4.90 Å². The first kappa shape index (κ1) is 9.61. The van der Waals surface area contributed by atoms with Crippen molar-refractivity contribution in [2.75, 3.05) is 19.6 Å². The second kappa shape index (κ2) is 5.22. The molecule has 1 aliphatic rings. The summed E-state index contributed by atoms with van der Waals surface area (Å²) in [7, 11) is 0. The first-order chi connectivity index (χ1) is 5.83. The molecule has 0 spiro atoms. The molecule has 12 heavy (non-hydrogen) atoms. The summed E-state index contributed by atoms with van der Waals surface area (Å²) in [6, 6.07) is 0. The smallest absolute Gasteiger partial charge is 0.0601 e. The fourth-order valence-electron chi connectivity index (χ4n) is 1.51. The zero-order valence-corrected chi connectivity index (χ0v) is 8.27. The van der Waals surface area contributed by atoms with Crippen molar-refractivity contribution in [3.8, 4) is 11.8 Å². The number of hydrogen-bond acceptors (Lipinski definition) is 1. The highest BCUT2D eigenvalue weighted by Gasteiger charge is 2.13. The molecule has 1 nitrogen and oxygen atoms in total. The molecule has 0 atom stereocenters. The molecule has 1 heteroatoms. The van der Waals surface area contributed by atoms with Crippen LogP contribution in [0.3, 0.4) is 0 Å². The summed E-state index contributed by atoms with van der Waals surface area (Å²) in [6.07, 6.45) is 3.70. The molecule has 0 bridgehead atoms. The molecule has 1 fully saturated rings. The second-order valence-electron chi connectivity index (χ2n) is 3.67. The van der Waals surface area contributed by atoms with E-state index < -0.39 is 0 Å². The van der Waals surface area contributed by atoms with Gasteiger partial charge in [-0.25, -0.2) is 0 Å². The average molecular weight is 165 g/mol. The Morgan fingerprint density at radius 1 is 1.25 bits per heavy atom. The van der Waals surface area contributed by atoms with Crippen molar-refractivity contribution in [3.05, 3.63) is 0 Å². The molecule has 0 aromatic heterocycles. The molecule has 0 saturated carbocycles. The number of nitrogens with zero attached hydrogens (tertiary/aromatic N) is 1. The van der Waals surface area contributed by atoms with Crippen molar-refractivity contribution in [2.45, 2.75) is 33.1 Å². The normalized spacial score (nSPS) is 20.2. The van der Waals surface area contributed by atoms with E-state index in [9.17, 15) is 0 Å². The van der Waals surface area contributed by atoms with Crippen molar-refractivity contribution >= 4 is 0 Å². The Morgan fingerprint density at radius 2 is 1.92 bits per heavy atom. The molecule has 0 amide bonds. The Morgan fingerprint density at radius 3 is 2.50 bits per heavy atom. The van der Waals surface area contributed by atoms with Crippen LogP contribution in [0.5, 0.6) is 0 Å². The molecular formula is C11H19N. The number of likely N-dealkylation sites (tertiary alicyclic amines) is 1. The number of piperidine rings is 1. The predicted molar refractivity (Wildman–Crippen MR) is 52.9 cm³/mol. The van der Waals surface area contributed by atoms with Gasteiger partial charge in [-0.3, -0.25) is 4.90 Å². The SMILES string of the molecule is CCC#CCN1CCC(C)CC1. The summed E-state index contributed by atoms with van der Waals surface area (Å²) < 4.78 is 0. The van der Waals surface area contributed by atoms with E-state index in [0.29, 0.717) is 0 Å². The van der Waals surface area contributed by atoms with Crippen LogP contribution >= 0.6 is 0 Å². The lowest BCUT2D eigenvalue weighted by atomic mass is 9.99. The minimum Gasteiger partial charge on any atom is -0.292 e. The van der Waals surface area contributed by atoms with Crippen LogP contribution in [0.1, 0.15) is 33.1 Å². The summed E-state index contributed by atoms with van der Waals surface area (Å²) >= 11 is 0. The van der Waals surface area contributed by atoms with E-state index in [1.54, 1.807) is 0 Å². The van der Waals surface area contributed by atoms with Gasteiger partial charge in [-0.15, -0.1) is 5.92 Å². The highest BCUT2D eigenvalue weighted by Crippen LogP contribution is 2.14. The summed E-state index contributed by atoms with van der Waals surface area (Å²) in [5.41, 5.74) is 0. The average Bonchev–Trinajstić information content (AvgIpc) is 2.09. The van der Waals surface area contributed by atoms with E-state index in [1.165, 1.54) is 25.9 Å². The van der Waals surface area contributed by atoms with Crippen LogP contribution in [0.25, 0.3) is 0 Å². The maximum atomic E-state index is 3.20. The largest absolute Gasteiger partial charge is 0.292 e. The van der Waals surface area contributed by atoms with Gasteiger partial charge in [0.15, 0.2) is 0 Å². The molecule has 0 aromatic carbocycles. The molecule has 0 aliphatic carbocycles. The van der Waals surface area contributed by atoms with E-state index >= 15 is 0 Å². The summed E-state index contributed by atoms with van der Waals surface area (Å²) in [5.74, 6) is 7.24. The highest BCUT2D eigenvalue weighted by atomic mass is 15.1. The highest BCUT2D eigenvalue weighted by molar-refractivity contribution is 5.00. The molecule has 68 valence electrons. The third kappa shape index (κ3) is 3.28. The van der Waals surface area contributed by atoms with Crippen LogP contribution in [-0.2, 0) is 0 Å².